The Labute approximate surface area is 116 Å². The fourth-order valence-electron chi connectivity index (χ4n) is 0.691. The summed E-state index contributed by atoms with van der Waals surface area (Å²) in [5.41, 5.74) is 0.375. The van der Waals surface area contributed by atoms with E-state index in [9.17, 15) is 4.79 Å². The predicted molar refractivity (Wildman–Crippen MR) is 75.2 cm³/mol. The van der Waals surface area contributed by atoms with E-state index in [1.807, 2.05) is 6.07 Å². The van der Waals surface area contributed by atoms with Gasteiger partial charge in [-0.05, 0) is 79.9 Å². The molecule has 1 rings (SSSR count). The fraction of sp³-hybridized carbons (Fsp3) is 0. The Bertz CT molecular complexity index is 338. The number of carboxylic acid groups (broad SMARTS) is 1. The molecule has 1 aromatic rings. The molecule has 0 aliphatic heterocycles. The van der Waals surface area contributed by atoms with Crippen molar-refractivity contribution in [3.05, 3.63) is 28.4 Å². The van der Waals surface area contributed by atoms with E-state index in [2.05, 4.69) is 67.8 Å². The summed E-state index contributed by atoms with van der Waals surface area (Å²) in [5.74, 6) is -0.867. The third-order valence-electron chi connectivity index (χ3n) is 1.27. The minimum absolute atomic E-state index is 0. The zero-order valence-corrected chi connectivity index (χ0v) is 12.6. The lowest BCUT2D eigenvalue weighted by Gasteiger charge is -2.02. The zero-order valence-electron chi connectivity index (χ0n) is 6.14. The monoisotopic (exact) mass is 518 g/mol. The molecule has 72 valence electrons. The summed E-state index contributed by atoms with van der Waals surface area (Å²) >= 11 is 6.39. The van der Waals surface area contributed by atoms with Crippen LogP contribution in [-0.4, -0.2) is 16.6 Å². The Morgan fingerprint density at radius 2 is 1.69 bits per heavy atom. The molecule has 0 saturated heterocycles. The molecule has 0 aliphatic carbocycles. The number of aromatic carboxylic acids is 1. The van der Waals surface area contributed by atoms with Crippen molar-refractivity contribution in [1.29, 1.82) is 0 Å². The first-order valence-corrected chi connectivity index (χ1v) is 6.14. The molecule has 3 N–H and O–H groups in total. The molecule has 13 heavy (non-hydrogen) atoms. The van der Waals surface area contributed by atoms with Crippen LogP contribution in [0.5, 0.6) is 0 Å². The van der Waals surface area contributed by atoms with Gasteiger partial charge in [0.2, 0.25) is 0 Å². The van der Waals surface area contributed by atoms with E-state index in [1.54, 1.807) is 6.07 Å². The van der Waals surface area contributed by atoms with Gasteiger partial charge in [-0.2, -0.15) is 0 Å². The Kier molecular flexibility index (Phi) is 6.02. The lowest BCUT2D eigenvalue weighted by atomic mass is 10.2. The van der Waals surface area contributed by atoms with Crippen molar-refractivity contribution >= 4 is 73.7 Å². The SMILES string of the molecule is O.O=C(O)c1ccc(I)c(I)c1I. The maximum absolute atomic E-state index is 10.7. The molecule has 6 heteroatoms. The van der Waals surface area contributed by atoms with Gasteiger partial charge in [-0.25, -0.2) is 4.79 Å². The number of carboxylic acids is 1. The first-order chi connectivity index (χ1) is 5.54. The van der Waals surface area contributed by atoms with E-state index in [-0.39, 0.29) is 5.48 Å². The molecule has 0 radical (unpaired) electrons. The molecule has 3 nitrogen and oxygen atoms in total. The largest absolute Gasteiger partial charge is 0.478 e. The summed E-state index contributed by atoms with van der Waals surface area (Å²) in [7, 11) is 0. The molecule has 0 amide bonds. The van der Waals surface area contributed by atoms with Crippen LogP contribution in [0.4, 0.5) is 0 Å². The van der Waals surface area contributed by atoms with Gasteiger partial charge in [-0.1, -0.05) is 0 Å². The average Bonchev–Trinajstić information content (AvgIpc) is 2.00. The van der Waals surface area contributed by atoms with Crippen molar-refractivity contribution in [2.75, 3.05) is 0 Å². The molecule has 1 aromatic carbocycles. The van der Waals surface area contributed by atoms with Gasteiger partial charge in [0.1, 0.15) is 0 Å². The second-order valence-corrected chi connectivity index (χ2v) is 5.35. The summed E-state index contributed by atoms with van der Waals surface area (Å²) in [6.45, 7) is 0. The lowest BCUT2D eigenvalue weighted by molar-refractivity contribution is 0.0695. The van der Waals surface area contributed by atoms with Crippen molar-refractivity contribution < 1.29 is 15.4 Å². The third kappa shape index (κ3) is 3.16. The minimum Gasteiger partial charge on any atom is -0.478 e. The van der Waals surface area contributed by atoms with Crippen molar-refractivity contribution in [2.24, 2.45) is 0 Å². The van der Waals surface area contributed by atoms with Gasteiger partial charge in [0.05, 0.1) is 5.56 Å². The molecule has 0 heterocycles. The number of hydrogen-bond donors (Lipinski definition) is 1. The zero-order chi connectivity index (χ0) is 9.30. The molecular weight excluding hydrogens is 513 g/mol. The average molecular weight is 518 g/mol. The first kappa shape index (κ1) is 13.8. The van der Waals surface area contributed by atoms with Gasteiger partial charge in [0, 0.05) is 10.7 Å². The summed E-state index contributed by atoms with van der Waals surface area (Å²) < 4.78 is 2.91. The number of benzene rings is 1. The van der Waals surface area contributed by atoms with Gasteiger partial charge in [0.25, 0.3) is 0 Å². The van der Waals surface area contributed by atoms with Crippen LogP contribution in [0.25, 0.3) is 0 Å². The molecule has 0 fully saturated rings. The molecule has 0 bridgehead atoms. The van der Waals surface area contributed by atoms with Crippen molar-refractivity contribution in [3.63, 3.8) is 0 Å². The summed E-state index contributed by atoms with van der Waals surface area (Å²) in [5, 5.41) is 8.77. The Hall–Kier alpha value is 0.840. The quantitative estimate of drug-likeness (QED) is 0.459. The molecule has 0 aliphatic rings. The second-order valence-electron chi connectivity index (χ2n) is 2.03. The van der Waals surface area contributed by atoms with E-state index in [0.717, 1.165) is 10.7 Å². The minimum atomic E-state index is -0.867. The molecule has 0 saturated carbocycles. The molecule has 0 unspecified atom stereocenters. The standard InChI is InChI=1S/C7H3I3O2.H2O/c8-4-2-1-3(7(11)12)5(9)6(4)10;/h1-2H,(H,11,12);1H2. The highest BCUT2D eigenvalue weighted by Gasteiger charge is 2.12. The smallest absolute Gasteiger partial charge is 0.336 e. The number of rotatable bonds is 1. The topological polar surface area (TPSA) is 68.8 Å². The normalized spacial score (nSPS) is 9.15. The van der Waals surface area contributed by atoms with Gasteiger partial charge in [0.15, 0.2) is 0 Å². The molecule has 0 spiro atoms. The molecule has 0 aromatic heterocycles. The third-order valence-corrected chi connectivity index (χ3v) is 6.47. The lowest BCUT2D eigenvalue weighted by Crippen LogP contribution is -2.02. The van der Waals surface area contributed by atoms with Crippen molar-refractivity contribution in [2.45, 2.75) is 0 Å². The van der Waals surface area contributed by atoms with Crippen LogP contribution in [0.3, 0.4) is 0 Å². The number of carbonyl (C=O) groups is 1. The number of halogens is 3. The predicted octanol–water partition coefficient (Wildman–Crippen LogP) is 2.37. The summed E-state index contributed by atoms with van der Waals surface area (Å²) in [6.07, 6.45) is 0. The van der Waals surface area contributed by atoms with Crippen LogP contribution in [0.15, 0.2) is 12.1 Å². The second kappa shape index (κ2) is 5.66. The van der Waals surface area contributed by atoms with E-state index >= 15 is 0 Å². The Morgan fingerprint density at radius 1 is 1.15 bits per heavy atom. The van der Waals surface area contributed by atoms with E-state index in [1.165, 1.54) is 0 Å². The Morgan fingerprint density at radius 3 is 2.15 bits per heavy atom. The van der Waals surface area contributed by atoms with E-state index < -0.39 is 5.97 Å². The highest BCUT2D eigenvalue weighted by Crippen LogP contribution is 2.24. The number of hydrogen-bond acceptors (Lipinski definition) is 1. The maximum atomic E-state index is 10.7. The van der Waals surface area contributed by atoms with E-state index in [0.29, 0.717) is 5.56 Å². The summed E-state index contributed by atoms with van der Waals surface area (Å²) in [6, 6.07) is 3.45. The first-order valence-electron chi connectivity index (χ1n) is 2.91. The summed E-state index contributed by atoms with van der Waals surface area (Å²) in [4.78, 5) is 10.7. The Balaban J connectivity index is 0.00000144. The van der Waals surface area contributed by atoms with Crippen LogP contribution in [0.1, 0.15) is 10.4 Å². The van der Waals surface area contributed by atoms with Crippen molar-refractivity contribution in [3.8, 4) is 0 Å². The van der Waals surface area contributed by atoms with Crippen molar-refractivity contribution in [1.82, 2.24) is 0 Å². The van der Waals surface area contributed by atoms with Crippen LogP contribution in [0.2, 0.25) is 0 Å². The highest BCUT2D eigenvalue weighted by molar-refractivity contribution is 14.1. The van der Waals surface area contributed by atoms with Gasteiger partial charge >= 0.3 is 5.97 Å². The van der Waals surface area contributed by atoms with Crippen LogP contribution < -0.4 is 0 Å². The van der Waals surface area contributed by atoms with Crippen LogP contribution in [-0.2, 0) is 0 Å². The van der Waals surface area contributed by atoms with Crippen LogP contribution >= 0.6 is 67.8 Å². The van der Waals surface area contributed by atoms with Gasteiger partial charge in [-0.15, -0.1) is 0 Å². The molecular formula is C7H5I3O3. The fourth-order valence-corrected chi connectivity index (χ4v) is 2.83. The van der Waals surface area contributed by atoms with E-state index in [4.69, 9.17) is 5.11 Å². The maximum Gasteiger partial charge on any atom is 0.336 e. The highest BCUT2D eigenvalue weighted by atomic mass is 127. The van der Waals surface area contributed by atoms with Crippen LogP contribution in [0, 0.1) is 10.7 Å². The van der Waals surface area contributed by atoms with Gasteiger partial charge in [-0.3, -0.25) is 0 Å². The van der Waals surface area contributed by atoms with Gasteiger partial charge < -0.3 is 10.6 Å². The molecule has 0 atom stereocenters.